The first-order chi connectivity index (χ1) is 7.70. The molecule has 1 aromatic carbocycles. The second-order valence-corrected chi connectivity index (χ2v) is 3.97. The van der Waals surface area contributed by atoms with Gasteiger partial charge in [0.1, 0.15) is 5.75 Å². The molecule has 1 aromatic rings. The van der Waals surface area contributed by atoms with E-state index in [1.54, 1.807) is 7.11 Å². The van der Waals surface area contributed by atoms with Crippen LogP contribution in [0.15, 0.2) is 24.3 Å². The smallest absolute Gasteiger partial charge is 0.308 e. The summed E-state index contributed by atoms with van der Waals surface area (Å²) in [5.41, 5.74) is 1.06. The summed E-state index contributed by atoms with van der Waals surface area (Å²) in [5, 5.41) is 8.91. The molecule has 4 heteroatoms. The molecule has 0 spiro atoms. The summed E-state index contributed by atoms with van der Waals surface area (Å²) in [4.78, 5) is 12.9. The van der Waals surface area contributed by atoms with E-state index in [9.17, 15) is 4.79 Å². The molecule has 1 saturated heterocycles. The summed E-state index contributed by atoms with van der Waals surface area (Å²) in [5.74, 6) is -0.115. The Morgan fingerprint density at radius 1 is 1.44 bits per heavy atom. The van der Waals surface area contributed by atoms with Crippen molar-refractivity contribution in [1.82, 2.24) is 0 Å². The number of carboxylic acids is 1. The fraction of sp³-hybridized carbons (Fsp3) is 0.417. The number of anilines is 1. The number of hydrogen-bond donors (Lipinski definition) is 1. The summed E-state index contributed by atoms with van der Waals surface area (Å²) in [6.45, 7) is 1.41. The van der Waals surface area contributed by atoms with Crippen LogP contribution in [0.3, 0.4) is 0 Å². The lowest BCUT2D eigenvalue weighted by molar-refractivity contribution is -0.140. The van der Waals surface area contributed by atoms with Crippen molar-refractivity contribution in [2.24, 2.45) is 5.92 Å². The first-order valence-corrected chi connectivity index (χ1v) is 5.32. The van der Waals surface area contributed by atoms with Crippen LogP contribution >= 0.6 is 0 Å². The maximum atomic E-state index is 10.8. The summed E-state index contributed by atoms with van der Waals surface area (Å²) < 4.78 is 5.08. The van der Waals surface area contributed by atoms with E-state index in [-0.39, 0.29) is 5.92 Å². The first-order valence-electron chi connectivity index (χ1n) is 5.32. The van der Waals surface area contributed by atoms with Gasteiger partial charge in [0.15, 0.2) is 0 Å². The maximum Gasteiger partial charge on any atom is 0.308 e. The molecule has 1 heterocycles. The Hall–Kier alpha value is -1.71. The lowest BCUT2D eigenvalue weighted by Gasteiger charge is -2.18. The van der Waals surface area contributed by atoms with Gasteiger partial charge in [0.2, 0.25) is 0 Å². The highest BCUT2D eigenvalue weighted by Gasteiger charge is 2.27. The second-order valence-electron chi connectivity index (χ2n) is 3.97. The molecule has 2 rings (SSSR count). The van der Waals surface area contributed by atoms with E-state index in [0.717, 1.165) is 24.4 Å². The molecule has 0 bridgehead atoms. The van der Waals surface area contributed by atoms with Crippen molar-refractivity contribution in [3.8, 4) is 5.75 Å². The van der Waals surface area contributed by atoms with Crippen LogP contribution in [0.1, 0.15) is 6.42 Å². The Labute approximate surface area is 94.4 Å². The van der Waals surface area contributed by atoms with Gasteiger partial charge in [-0.05, 0) is 30.7 Å². The van der Waals surface area contributed by atoms with E-state index in [1.165, 1.54) is 0 Å². The zero-order valence-corrected chi connectivity index (χ0v) is 9.22. The normalized spacial score (nSPS) is 19.8. The predicted molar refractivity (Wildman–Crippen MR) is 60.9 cm³/mol. The largest absolute Gasteiger partial charge is 0.497 e. The summed E-state index contributed by atoms with van der Waals surface area (Å²) >= 11 is 0. The van der Waals surface area contributed by atoms with Crippen LogP contribution in [-0.2, 0) is 4.79 Å². The summed E-state index contributed by atoms with van der Waals surface area (Å²) in [7, 11) is 1.63. The SMILES string of the molecule is COc1ccc(N2CC[C@@H](C(=O)O)C2)cc1. The van der Waals surface area contributed by atoms with E-state index >= 15 is 0 Å². The summed E-state index contributed by atoms with van der Waals surface area (Å²) in [6, 6.07) is 7.71. The zero-order valence-electron chi connectivity index (χ0n) is 9.22. The number of carboxylic acid groups (broad SMARTS) is 1. The number of methoxy groups -OCH3 is 1. The van der Waals surface area contributed by atoms with Gasteiger partial charge in [-0.3, -0.25) is 4.79 Å². The predicted octanol–water partition coefficient (Wildman–Crippen LogP) is 1.61. The van der Waals surface area contributed by atoms with E-state index in [1.807, 2.05) is 24.3 Å². The van der Waals surface area contributed by atoms with Crippen molar-refractivity contribution >= 4 is 11.7 Å². The van der Waals surface area contributed by atoms with Crippen LogP contribution in [0.5, 0.6) is 5.75 Å². The van der Waals surface area contributed by atoms with Crippen LogP contribution in [0.4, 0.5) is 5.69 Å². The van der Waals surface area contributed by atoms with E-state index in [4.69, 9.17) is 9.84 Å². The van der Waals surface area contributed by atoms with Crippen molar-refractivity contribution in [3.63, 3.8) is 0 Å². The molecule has 1 aliphatic heterocycles. The zero-order chi connectivity index (χ0) is 11.5. The molecule has 1 aliphatic rings. The number of nitrogens with zero attached hydrogens (tertiary/aromatic N) is 1. The molecule has 0 aliphatic carbocycles. The highest BCUT2D eigenvalue weighted by Crippen LogP contribution is 2.25. The van der Waals surface area contributed by atoms with Crippen LogP contribution < -0.4 is 9.64 Å². The Bertz CT molecular complexity index is 374. The van der Waals surface area contributed by atoms with Crippen molar-refractivity contribution in [2.45, 2.75) is 6.42 Å². The minimum absolute atomic E-state index is 0.234. The molecule has 86 valence electrons. The molecular weight excluding hydrogens is 206 g/mol. The molecule has 1 atom stereocenters. The molecule has 0 radical (unpaired) electrons. The van der Waals surface area contributed by atoms with Gasteiger partial charge in [-0.25, -0.2) is 0 Å². The number of aliphatic carboxylic acids is 1. The highest BCUT2D eigenvalue weighted by molar-refractivity contribution is 5.72. The van der Waals surface area contributed by atoms with Crippen molar-refractivity contribution in [1.29, 1.82) is 0 Å². The van der Waals surface area contributed by atoms with Gasteiger partial charge in [0.05, 0.1) is 13.0 Å². The number of rotatable bonds is 3. The molecule has 1 fully saturated rings. The van der Waals surface area contributed by atoms with Crippen LogP contribution in [0.25, 0.3) is 0 Å². The lowest BCUT2D eigenvalue weighted by atomic mass is 10.1. The van der Waals surface area contributed by atoms with E-state index in [2.05, 4.69) is 4.90 Å². The Balaban J connectivity index is 2.05. The minimum atomic E-state index is -0.698. The number of ether oxygens (including phenoxy) is 1. The Kier molecular flexibility index (Phi) is 2.99. The highest BCUT2D eigenvalue weighted by atomic mass is 16.5. The first kappa shape index (κ1) is 10.8. The Morgan fingerprint density at radius 3 is 2.62 bits per heavy atom. The van der Waals surface area contributed by atoms with E-state index < -0.39 is 5.97 Å². The van der Waals surface area contributed by atoms with Crippen molar-refractivity contribution in [2.75, 3.05) is 25.1 Å². The van der Waals surface area contributed by atoms with Crippen molar-refractivity contribution in [3.05, 3.63) is 24.3 Å². The molecule has 0 aromatic heterocycles. The van der Waals surface area contributed by atoms with Crippen LogP contribution in [0.2, 0.25) is 0 Å². The molecule has 0 amide bonds. The van der Waals surface area contributed by atoms with Gasteiger partial charge in [-0.1, -0.05) is 0 Å². The quantitative estimate of drug-likeness (QED) is 0.842. The molecule has 16 heavy (non-hydrogen) atoms. The third kappa shape index (κ3) is 2.10. The van der Waals surface area contributed by atoms with Crippen molar-refractivity contribution < 1.29 is 14.6 Å². The molecule has 0 saturated carbocycles. The van der Waals surface area contributed by atoms with Gasteiger partial charge in [0, 0.05) is 18.8 Å². The minimum Gasteiger partial charge on any atom is -0.497 e. The maximum absolute atomic E-state index is 10.8. The summed E-state index contributed by atoms with van der Waals surface area (Å²) in [6.07, 6.45) is 0.724. The van der Waals surface area contributed by atoms with Gasteiger partial charge in [-0.2, -0.15) is 0 Å². The lowest BCUT2D eigenvalue weighted by Crippen LogP contribution is -2.22. The topological polar surface area (TPSA) is 49.8 Å². The fourth-order valence-electron chi connectivity index (χ4n) is 1.99. The van der Waals surface area contributed by atoms with Gasteiger partial charge in [-0.15, -0.1) is 0 Å². The monoisotopic (exact) mass is 221 g/mol. The number of hydrogen-bond acceptors (Lipinski definition) is 3. The molecule has 0 unspecified atom stereocenters. The third-order valence-corrected chi connectivity index (χ3v) is 2.98. The molecule has 1 N–H and O–H groups in total. The number of benzene rings is 1. The second kappa shape index (κ2) is 4.43. The fourth-order valence-corrected chi connectivity index (χ4v) is 1.99. The molecular formula is C12H15NO3. The van der Waals surface area contributed by atoms with Gasteiger partial charge in [0.25, 0.3) is 0 Å². The average Bonchev–Trinajstić information content (AvgIpc) is 2.78. The van der Waals surface area contributed by atoms with Gasteiger partial charge >= 0.3 is 5.97 Å². The molecule has 4 nitrogen and oxygen atoms in total. The standard InChI is InChI=1S/C12H15NO3/c1-16-11-4-2-10(3-5-11)13-7-6-9(8-13)12(14)15/h2-5,9H,6-8H2,1H3,(H,14,15)/t9-/m1/s1. The third-order valence-electron chi connectivity index (χ3n) is 2.98. The van der Waals surface area contributed by atoms with E-state index in [0.29, 0.717) is 6.54 Å². The number of carbonyl (C=O) groups is 1. The van der Waals surface area contributed by atoms with Gasteiger partial charge < -0.3 is 14.7 Å². The Morgan fingerprint density at radius 2 is 2.12 bits per heavy atom. The van der Waals surface area contributed by atoms with Crippen LogP contribution in [0, 0.1) is 5.92 Å². The average molecular weight is 221 g/mol. The van der Waals surface area contributed by atoms with Crippen LogP contribution in [-0.4, -0.2) is 31.3 Å².